The first kappa shape index (κ1) is 16.6. The fraction of sp³-hybridized carbons (Fsp3) is 0.214. The molecule has 0 fully saturated rings. The minimum absolute atomic E-state index is 0.149. The fourth-order valence-electron chi connectivity index (χ4n) is 1.85. The van der Waals surface area contributed by atoms with E-state index in [1.54, 1.807) is 6.20 Å². The number of benzene rings is 1. The van der Waals surface area contributed by atoms with Gasteiger partial charge in [-0.3, -0.25) is 4.98 Å². The molecule has 0 saturated heterocycles. The van der Waals surface area contributed by atoms with E-state index in [9.17, 15) is 8.42 Å². The lowest BCUT2D eigenvalue weighted by Gasteiger charge is -2.16. The standard InChI is InChI=1S/C14H14Br2N2O2S/c15-8-13(6-11-4-2-1-3-5-11)18-21(19,20)14-7-12(16)9-17-10-14/h1-5,7,9-10,13,18H,6,8H2. The Balaban J connectivity index is 2.14. The zero-order valence-corrected chi connectivity index (χ0v) is 15.0. The third-order valence-electron chi connectivity index (χ3n) is 2.82. The van der Waals surface area contributed by atoms with Crippen molar-refractivity contribution in [3.05, 3.63) is 58.8 Å². The summed E-state index contributed by atoms with van der Waals surface area (Å²) in [4.78, 5) is 4.04. The van der Waals surface area contributed by atoms with Crippen molar-refractivity contribution in [2.75, 3.05) is 5.33 Å². The zero-order valence-electron chi connectivity index (χ0n) is 11.0. The summed E-state index contributed by atoms with van der Waals surface area (Å²) in [6.45, 7) is 0. The first-order valence-electron chi connectivity index (χ1n) is 6.24. The maximum atomic E-state index is 12.4. The van der Waals surface area contributed by atoms with E-state index in [4.69, 9.17) is 0 Å². The number of pyridine rings is 1. The number of hydrogen-bond acceptors (Lipinski definition) is 3. The molecule has 0 radical (unpaired) electrons. The van der Waals surface area contributed by atoms with Gasteiger partial charge >= 0.3 is 0 Å². The lowest BCUT2D eigenvalue weighted by atomic mass is 10.1. The summed E-state index contributed by atoms with van der Waals surface area (Å²) < 4.78 is 28.0. The Labute approximate surface area is 141 Å². The third-order valence-corrected chi connectivity index (χ3v) is 5.53. The second-order valence-corrected chi connectivity index (χ2v) is 7.78. The number of rotatable bonds is 6. The normalized spacial score (nSPS) is 13.0. The number of nitrogens with zero attached hydrogens (tertiary/aromatic N) is 1. The van der Waals surface area contributed by atoms with Gasteiger partial charge < -0.3 is 0 Å². The van der Waals surface area contributed by atoms with Crippen LogP contribution in [0, 0.1) is 0 Å². The molecule has 1 atom stereocenters. The Morgan fingerprint density at radius 3 is 2.52 bits per heavy atom. The highest BCUT2D eigenvalue weighted by atomic mass is 79.9. The summed E-state index contributed by atoms with van der Waals surface area (Å²) in [6, 6.07) is 11.1. The smallest absolute Gasteiger partial charge is 0.242 e. The molecule has 0 bridgehead atoms. The molecule has 0 amide bonds. The average molecular weight is 434 g/mol. The molecule has 7 heteroatoms. The van der Waals surface area contributed by atoms with Crippen LogP contribution < -0.4 is 4.72 Å². The summed E-state index contributed by atoms with van der Waals surface area (Å²) >= 11 is 6.59. The van der Waals surface area contributed by atoms with Crippen molar-refractivity contribution >= 4 is 41.9 Å². The van der Waals surface area contributed by atoms with Gasteiger partial charge in [-0.1, -0.05) is 46.3 Å². The highest BCUT2D eigenvalue weighted by Gasteiger charge is 2.20. The largest absolute Gasteiger partial charge is 0.262 e. The van der Waals surface area contributed by atoms with Crippen molar-refractivity contribution < 1.29 is 8.42 Å². The van der Waals surface area contributed by atoms with Gasteiger partial charge in [-0.15, -0.1) is 0 Å². The van der Waals surface area contributed by atoms with E-state index in [2.05, 4.69) is 41.6 Å². The van der Waals surface area contributed by atoms with Gasteiger partial charge in [-0.25, -0.2) is 13.1 Å². The van der Waals surface area contributed by atoms with Crippen LogP contribution in [0.5, 0.6) is 0 Å². The minimum atomic E-state index is -3.59. The molecule has 0 saturated carbocycles. The molecule has 112 valence electrons. The van der Waals surface area contributed by atoms with Gasteiger partial charge in [-0.2, -0.15) is 0 Å². The van der Waals surface area contributed by atoms with E-state index in [0.29, 0.717) is 16.2 Å². The van der Waals surface area contributed by atoms with E-state index in [0.717, 1.165) is 5.56 Å². The number of halogens is 2. The molecule has 0 aliphatic rings. The monoisotopic (exact) mass is 432 g/mol. The Hall–Kier alpha value is -0.760. The van der Waals surface area contributed by atoms with Crippen molar-refractivity contribution in [2.24, 2.45) is 0 Å². The van der Waals surface area contributed by atoms with Crippen molar-refractivity contribution in [3.8, 4) is 0 Å². The van der Waals surface area contributed by atoms with Gasteiger partial charge in [0.15, 0.2) is 0 Å². The fourth-order valence-corrected chi connectivity index (χ4v) is 4.20. The van der Waals surface area contributed by atoms with Crippen LogP contribution in [0.1, 0.15) is 5.56 Å². The summed E-state index contributed by atoms with van der Waals surface area (Å²) in [5.74, 6) is 0. The van der Waals surface area contributed by atoms with Crippen LogP contribution in [0.25, 0.3) is 0 Å². The molecule has 21 heavy (non-hydrogen) atoms. The topological polar surface area (TPSA) is 59.1 Å². The van der Waals surface area contributed by atoms with Crippen LogP contribution in [0.4, 0.5) is 0 Å². The first-order valence-corrected chi connectivity index (χ1v) is 9.64. The van der Waals surface area contributed by atoms with E-state index in [1.807, 2.05) is 30.3 Å². The van der Waals surface area contributed by atoms with E-state index in [1.165, 1.54) is 12.3 Å². The van der Waals surface area contributed by atoms with E-state index < -0.39 is 10.0 Å². The molecule has 1 aromatic heterocycles. The van der Waals surface area contributed by atoms with Crippen LogP contribution in [-0.2, 0) is 16.4 Å². The number of aromatic nitrogens is 1. The van der Waals surface area contributed by atoms with E-state index >= 15 is 0 Å². The number of alkyl halides is 1. The molecule has 4 nitrogen and oxygen atoms in total. The summed E-state index contributed by atoms with van der Waals surface area (Å²) in [7, 11) is -3.59. The quantitative estimate of drug-likeness (QED) is 0.712. The van der Waals surface area contributed by atoms with Crippen LogP contribution >= 0.6 is 31.9 Å². The first-order chi connectivity index (χ1) is 10.0. The van der Waals surface area contributed by atoms with Crippen molar-refractivity contribution in [1.29, 1.82) is 0 Å². The van der Waals surface area contributed by atoms with Gasteiger partial charge in [0.05, 0.1) is 0 Å². The summed E-state index contributed by atoms with van der Waals surface area (Å²) in [6.07, 6.45) is 3.50. The highest BCUT2D eigenvalue weighted by molar-refractivity contribution is 9.10. The highest BCUT2D eigenvalue weighted by Crippen LogP contribution is 2.15. The van der Waals surface area contributed by atoms with Gasteiger partial charge in [-0.05, 0) is 34.0 Å². The molecule has 1 heterocycles. The van der Waals surface area contributed by atoms with Crippen LogP contribution in [0.2, 0.25) is 0 Å². The molecule has 0 spiro atoms. The predicted molar refractivity (Wildman–Crippen MR) is 90.0 cm³/mol. The number of hydrogen-bond donors (Lipinski definition) is 1. The summed E-state index contributed by atoms with van der Waals surface area (Å²) in [5.41, 5.74) is 1.08. The van der Waals surface area contributed by atoms with Crippen molar-refractivity contribution in [1.82, 2.24) is 9.71 Å². The lowest BCUT2D eigenvalue weighted by molar-refractivity contribution is 0.562. The van der Waals surface area contributed by atoms with E-state index in [-0.39, 0.29) is 10.9 Å². The maximum absolute atomic E-state index is 12.4. The van der Waals surface area contributed by atoms with Crippen molar-refractivity contribution in [2.45, 2.75) is 17.4 Å². The van der Waals surface area contributed by atoms with Crippen molar-refractivity contribution in [3.63, 3.8) is 0 Å². The third kappa shape index (κ3) is 4.88. The molecule has 1 aromatic carbocycles. The molecule has 2 rings (SSSR count). The van der Waals surface area contributed by atoms with Gasteiger partial charge in [0.1, 0.15) is 4.90 Å². The second kappa shape index (κ2) is 7.49. The molecule has 1 N–H and O–H groups in total. The Kier molecular flexibility index (Phi) is 5.92. The molecular formula is C14H14Br2N2O2S. The van der Waals surface area contributed by atoms with Gasteiger partial charge in [0.2, 0.25) is 10.0 Å². The molecule has 0 aliphatic carbocycles. The maximum Gasteiger partial charge on any atom is 0.242 e. The Morgan fingerprint density at radius 1 is 1.19 bits per heavy atom. The SMILES string of the molecule is O=S(=O)(NC(CBr)Cc1ccccc1)c1cncc(Br)c1. The van der Waals surface area contributed by atoms with Gasteiger partial charge in [0, 0.05) is 28.2 Å². The zero-order chi connectivity index (χ0) is 15.3. The molecule has 2 aromatic rings. The van der Waals surface area contributed by atoms with Crippen LogP contribution in [0.3, 0.4) is 0 Å². The molecule has 0 aliphatic heterocycles. The lowest BCUT2D eigenvalue weighted by Crippen LogP contribution is -2.37. The minimum Gasteiger partial charge on any atom is -0.262 e. The number of nitrogens with one attached hydrogen (secondary N) is 1. The van der Waals surface area contributed by atoms with Gasteiger partial charge in [0.25, 0.3) is 0 Å². The Morgan fingerprint density at radius 2 is 1.90 bits per heavy atom. The average Bonchev–Trinajstić information content (AvgIpc) is 2.47. The van der Waals surface area contributed by atoms with Crippen LogP contribution in [0.15, 0.2) is 58.2 Å². The summed E-state index contributed by atoms with van der Waals surface area (Å²) in [5, 5.41) is 0.530. The predicted octanol–water partition coefficient (Wildman–Crippen LogP) is 3.13. The Bertz CT molecular complexity index is 693. The molecule has 1 unspecified atom stereocenters. The molecular weight excluding hydrogens is 420 g/mol. The second-order valence-electron chi connectivity index (χ2n) is 4.50. The van der Waals surface area contributed by atoms with Crippen LogP contribution in [-0.4, -0.2) is 24.8 Å². The number of sulfonamides is 1.